The Labute approximate surface area is 108 Å². The molecule has 1 aromatic heterocycles. The number of aromatic nitrogens is 1. The quantitative estimate of drug-likeness (QED) is 0.827. The van der Waals surface area contributed by atoms with E-state index in [1.54, 1.807) is 6.07 Å². The molecular weight excluding hydrogens is 224 g/mol. The van der Waals surface area contributed by atoms with Gasteiger partial charge in [-0.1, -0.05) is 17.7 Å². The molecule has 1 aromatic rings. The molecule has 0 radical (unpaired) electrons. The Kier molecular flexibility index (Phi) is 4.51. The molecule has 3 heteroatoms. The lowest BCUT2D eigenvalue weighted by molar-refractivity contribution is 0.0949. The van der Waals surface area contributed by atoms with Crippen molar-refractivity contribution in [3.63, 3.8) is 0 Å². The summed E-state index contributed by atoms with van der Waals surface area (Å²) in [4.78, 5) is 16.1. The van der Waals surface area contributed by atoms with Gasteiger partial charge in [-0.2, -0.15) is 0 Å². The fraction of sp³-hybridized carbons (Fsp3) is 0.467. The molecule has 0 atom stereocenters. The predicted octanol–water partition coefficient (Wildman–Crippen LogP) is 3.01. The molecular formula is C15H20N2O. The summed E-state index contributed by atoms with van der Waals surface area (Å²) in [6.45, 7) is 2.60. The first-order valence-corrected chi connectivity index (χ1v) is 6.65. The Balaban J connectivity index is 1.79. The Morgan fingerprint density at radius 3 is 3.00 bits per heavy atom. The molecule has 1 aliphatic carbocycles. The van der Waals surface area contributed by atoms with Crippen molar-refractivity contribution in [2.75, 3.05) is 6.54 Å². The maximum absolute atomic E-state index is 11.8. The second-order valence-electron chi connectivity index (χ2n) is 4.78. The third-order valence-electron chi connectivity index (χ3n) is 3.24. The van der Waals surface area contributed by atoms with Gasteiger partial charge in [-0.15, -0.1) is 0 Å². The van der Waals surface area contributed by atoms with Crippen LogP contribution in [-0.2, 0) is 0 Å². The molecule has 18 heavy (non-hydrogen) atoms. The van der Waals surface area contributed by atoms with Gasteiger partial charge < -0.3 is 5.32 Å². The molecule has 1 heterocycles. The third kappa shape index (κ3) is 3.69. The van der Waals surface area contributed by atoms with Crippen LogP contribution in [0, 0.1) is 6.92 Å². The largest absolute Gasteiger partial charge is 0.350 e. The van der Waals surface area contributed by atoms with E-state index in [0.29, 0.717) is 12.2 Å². The number of aryl methyl sites for hydroxylation is 1. The van der Waals surface area contributed by atoms with E-state index in [1.165, 1.54) is 31.3 Å². The van der Waals surface area contributed by atoms with Crippen molar-refractivity contribution in [3.8, 4) is 0 Å². The summed E-state index contributed by atoms with van der Waals surface area (Å²) in [6, 6.07) is 5.51. The van der Waals surface area contributed by atoms with Crippen molar-refractivity contribution in [1.82, 2.24) is 10.3 Å². The number of nitrogens with one attached hydrogen (secondary N) is 1. The van der Waals surface area contributed by atoms with Crippen LogP contribution in [0.4, 0.5) is 0 Å². The highest BCUT2D eigenvalue weighted by Crippen LogP contribution is 2.19. The maximum Gasteiger partial charge on any atom is 0.269 e. The molecule has 1 amide bonds. The first-order chi connectivity index (χ1) is 8.75. The molecule has 3 nitrogen and oxygen atoms in total. The van der Waals surface area contributed by atoms with Crippen LogP contribution in [-0.4, -0.2) is 17.4 Å². The molecule has 0 spiro atoms. The van der Waals surface area contributed by atoms with Crippen LogP contribution in [0.1, 0.15) is 48.3 Å². The molecule has 0 saturated heterocycles. The highest BCUT2D eigenvalue weighted by atomic mass is 16.1. The van der Waals surface area contributed by atoms with Crippen LogP contribution in [0.25, 0.3) is 0 Å². The van der Waals surface area contributed by atoms with Crippen molar-refractivity contribution in [1.29, 1.82) is 0 Å². The minimum Gasteiger partial charge on any atom is -0.350 e. The van der Waals surface area contributed by atoms with Crippen LogP contribution >= 0.6 is 0 Å². The van der Waals surface area contributed by atoms with Crippen LogP contribution < -0.4 is 5.32 Å². The zero-order chi connectivity index (χ0) is 12.8. The normalized spacial score (nSPS) is 15.1. The van der Waals surface area contributed by atoms with Gasteiger partial charge in [0.2, 0.25) is 0 Å². The van der Waals surface area contributed by atoms with Gasteiger partial charge >= 0.3 is 0 Å². The van der Waals surface area contributed by atoms with Crippen molar-refractivity contribution in [2.24, 2.45) is 0 Å². The lowest BCUT2D eigenvalue weighted by atomic mass is 9.97. The number of amides is 1. The van der Waals surface area contributed by atoms with E-state index in [4.69, 9.17) is 0 Å². The van der Waals surface area contributed by atoms with Crippen molar-refractivity contribution >= 4 is 5.91 Å². The van der Waals surface area contributed by atoms with Crippen molar-refractivity contribution in [2.45, 2.75) is 39.0 Å². The van der Waals surface area contributed by atoms with Gasteiger partial charge in [0.25, 0.3) is 5.91 Å². The van der Waals surface area contributed by atoms with Crippen molar-refractivity contribution < 1.29 is 4.79 Å². The summed E-state index contributed by atoms with van der Waals surface area (Å²) < 4.78 is 0. The van der Waals surface area contributed by atoms with Gasteiger partial charge in [0.15, 0.2) is 0 Å². The van der Waals surface area contributed by atoms with Gasteiger partial charge in [-0.05, 0) is 51.2 Å². The molecule has 96 valence electrons. The molecule has 2 rings (SSSR count). The zero-order valence-electron chi connectivity index (χ0n) is 10.9. The monoisotopic (exact) mass is 244 g/mol. The summed E-state index contributed by atoms with van der Waals surface area (Å²) in [5.74, 6) is -0.0740. The number of hydrogen-bond donors (Lipinski definition) is 1. The van der Waals surface area contributed by atoms with Gasteiger partial charge in [0.1, 0.15) is 5.69 Å². The SMILES string of the molecule is Cc1cccc(C(=O)NCCC2=CCCCC2)n1. The molecule has 1 N–H and O–H groups in total. The number of carbonyl (C=O) groups excluding carboxylic acids is 1. The van der Waals surface area contributed by atoms with E-state index in [0.717, 1.165) is 12.1 Å². The first kappa shape index (κ1) is 12.8. The number of hydrogen-bond acceptors (Lipinski definition) is 2. The average molecular weight is 244 g/mol. The minimum atomic E-state index is -0.0740. The van der Waals surface area contributed by atoms with Crippen LogP contribution in [0.5, 0.6) is 0 Å². The highest BCUT2D eigenvalue weighted by molar-refractivity contribution is 5.92. The number of carbonyl (C=O) groups is 1. The summed E-state index contributed by atoms with van der Waals surface area (Å²) in [5, 5.41) is 2.93. The fourth-order valence-electron chi connectivity index (χ4n) is 2.23. The van der Waals surface area contributed by atoms with Crippen LogP contribution in [0.2, 0.25) is 0 Å². The lowest BCUT2D eigenvalue weighted by Crippen LogP contribution is -2.25. The predicted molar refractivity (Wildman–Crippen MR) is 72.5 cm³/mol. The summed E-state index contributed by atoms with van der Waals surface area (Å²) in [6.07, 6.45) is 8.28. The minimum absolute atomic E-state index is 0.0740. The van der Waals surface area contributed by atoms with E-state index in [9.17, 15) is 4.79 Å². The molecule has 1 aliphatic rings. The lowest BCUT2D eigenvalue weighted by Gasteiger charge is -2.12. The van der Waals surface area contributed by atoms with Crippen LogP contribution in [0.3, 0.4) is 0 Å². The topological polar surface area (TPSA) is 42.0 Å². The van der Waals surface area contributed by atoms with E-state index in [-0.39, 0.29) is 5.91 Å². The van der Waals surface area contributed by atoms with E-state index in [1.807, 2.05) is 19.1 Å². The maximum atomic E-state index is 11.8. The van der Waals surface area contributed by atoms with Gasteiger partial charge in [-0.25, -0.2) is 4.98 Å². The molecule has 0 unspecified atom stereocenters. The van der Waals surface area contributed by atoms with E-state index in [2.05, 4.69) is 16.4 Å². The van der Waals surface area contributed by atoms with Gasteiger partial charge in [0.05, 0.1) is 0 Å². The van der Waals surface area contributed by atoms with Crippen LogP contribution in [0.15, 0.2) is 29.8 Å². The third-order valence-corrected chi connectivity index (χ3v) is 3.24. The Morgan fingerprint density at radius 2 is 2.28 bits per heavy atom. The number of allylic oxidation sites excluding steroid dienone is 1. The smallest absolute Gasteiger partial charge is 0.269 e. The Bertz CT molecular complexity index is 452. The highest BCUT2D eigenvalue weighted by Gasteiger charge is 2.07. The fourth-order valence-corrected chi connectivity index (χ4v) is 2.23. The molecule has 0 fully saturated rings. The second-order valence-corrected chi connectivity index (χ2v) is 4.78. The summed E-state index contributed by atoms with van der Waals surface area (Å²) >= 11 is 0. The Morgan fingerprint density at radius 1 is 1.39 bits per heavy atom. The van der Waals surface area contributed by atoms with Crippen molar-refractivity contribution in [3.05, 3.63) is 41.2 Å². The zero-order valence-corrected chi connectivity index (χ0v) is 10.9. The van der Waals surface area contributed by atoms with E-state index >= 15 is 0 Å². The Hall–Kier alpha value is -1.64. The summed E-state index contributed by atoms with van der Waals surface area (Å²) in [5.41, 5.74) is 2.86. The number of pyridine rings is 1. The molecule has 0 aliphatic heterocycles. The standard InChI is InChI=1S/C15H20N2O/c1-12-6-5-9-14(17-12)15(18)16-11-10-13-7-3-2-4-8-13/h5-7,9H,2-4,8,10-11H2,1H3,(H,16,18). The molecule has 0 aromatic carbocycles. The second kappa shape index (κ2) is 6.34. The molecule has 0 saturated carbocycles. The average Bonchev–Trinajstić information content (AvgIpc) is 2.40. The van der Waals surface area contributed by atoms with Gasteiger partial charge in [-0.3, -0.25) is 4.79 Å². The first-order valence-electron chi connectivity index (χ1n) is 6.65. The van der Waals surface area contributed by atoms with E-state index < -0.39 is 0 Å². The summed E-state index contributed by atoms with van der Waals surface area (Å²) in [7, 11) is 0. The molecule has 0 bridgehead atoms. The number of rotatable bonds is 4. The number of nitrogens with zero attached hydrogens (tertiary/aromatic N) is 1. The van der Waals surface area contributed by atoms with Gasteiger partial charge in [0, 0.05) is 12.2 Å².